The van der Waals surface area contributed by atoms with Crippen LogP contribution in [-0.2, 0) is 6.54 Å². The molecule has 94 valence electrons. The van der Waals surface area contributed by atoms with Gasteiger partial charge in [-0.2, -0.15) is 0 Å². The highest BCUT2D eigenvalue weighted by atomic mass is 16.4. The molecular weight excluding hydrogens is 214 g/mol. The summed E-state index contributed by atoms with van der Waals surface area (Å²) in [6.07, 6.45) is 1.08. The number of nitrogens with two attached hydrogens (primary N) is 1. The molecule has 17 heavy (non-hydrogen) atoms. The molecule has 0 heterocycles. The van der Waals surface area contributed by atoms with Crippen LogP contribution in [-0.4, -0.2) is 16.6 Å². The molecule has 1 rings (SSSR count). The first-order valence-corrected chi connectivity index (χ1v) is 5.80. The van der Waals surface area contributed by atoms with Crippen molar-refractivity contribution in [3.63, 3.8) is 0 Å². The summed E-state index contributed by atoms with van der Waals surface area (Å²) < 4.78 is 0. The zero-order valence-electron chi connectivity index (χ0n) is 10.7. The fraction of sp³-hybridized carbons (Fsp3) is 0.462. The molecule has 4 N–H and O–H groups in total. The van der Waals surface area contributed by atoms with Crippen molar-refractivity contribution in [1.82, 2.24) is 5.32 Å². The van der Waals surface area contributed by atoms with Crippen molar-refractivity contribution in [1.29, 1.82) is 0 Å². The summed E-state index contributed by atoms with van der Waals surface area (Å²) in [5.74, 6) is 0.137. The van der Waals surface area contributed by atoms with E-state index in [4.69, 9.17) is 10.9 Å². The van der Waals surface area contributed by atoms with Crippen molar-refractivity contribution >= 4 is 5.84 Å². The lowest BCUT2D eigenvalue weighted by Crippen LogP contribution is -2.37. The quantitative estimate of drug-likeness (QED) is 0.316. The van der Waals surface area contributed by atoms with Crippen LogP contribution in [0.2, 0.25) is 0 Å². The first-order chi connectivity index (χ1) is 7.98. The Kier molecular flexibility index (Phi) is 4.52. The molecule has 0 atom stereocenters. The Morgan fingerprint density at radius 1 is 1.35 bits per heavy atom. The van der Waals surface area contributed by atoms with Gasteiger partial charge in [0.05, 0.1) is 0 Å². The van der Waals surface area contributed by atoms with E-state index in [2.05, 4.69) is 31.2 Å². The predicted molar refractivity (Wildman–Crippen MR) is 70.2 cm³/mol. The van der Waals surface area contributed by atoms with Gasteiger partial charge < -0.3 is 16.3 Å². The second-order valence-electron chi connectivity index (χ2n) is 4.77. The van der Waals surface area contributed by atoms with Gasteiger partial charge in [0.25, 0.3) is 0 Å². The van der Waals surface area contributed by atoms with Crippen molar-refractivity contribution in [2.24, 2.45) is 10.9 Å². The monoisotopic (exact) mass is 235 g/mol. The molecule has 0 amide bonds. The third-order valence-electron chi connectivity index (χ3n) is 3.01. The minimum atomic E-state index is 0.137. The van der Waals surface area contributed by atoms with Gasteiger partial charge in [0, 0.05) is 17.6 Å². The zero-order valence-corrected chi connectivity index (χ0v) is 10.7. The number of benzene rings is 1. The lowest BCUT2D eigenvalue weighted by molar-refractivity contribution is 0.318. The lowest BCUT2D eigenvalue weighted by atomic mass is 10.0. The minimum Gasteiger partial charge on any atom is -0.409 e. The Labute approximate surface area is 103 Å². The Morgan fingerprint density at radius 3 is 2.41 bits per heavy atom. The highest BCUT2D eigenvalue weighted by Crippen LogP contribution is 2.10. The van der Waals surface area contributed by atoms with Crippen LogP contribution in [0.3, 0.4) is 0 Å². The van der Waals surface area contributed by atoms with Crippen LogP contribution in [0, 0.1) is 0 Å². The van der Waals surface area contributed by atoms with Gasteiger partial charge in [0.1, 0.15) is 0 Å². The molecule has 1 aromatic carbocycles. The van der Waals surface area contributed by atoms with Crippen LogP contribution in [0.5, 0.6) is 0 Å². The van der Waals surface area contributed by atoms with Gasteiger partial charge in [-0.05, 0) is 25.8 Å². The van der Waals surface area contributed by atoms with Gasteiger partial charge in [0.15, 0.2) is 5.84 Å². The van der Waals surface area contributed by atoms with Crippen molar-refractivity contribution < 1.29 is 5.21 Å². The fourth-order valence-electron chi connectivity index (χ4n) is 1.32. The van der Waals surface area contributed by atoms with Crippen LogP contribution >= 0.6 is 0 Å². The third kappa shape index (κ3) is 4.07. The standard InChI is InChI=1S/C13H21N3O/c1-4-13(2,3)15-9-10-5-7-11(8-6-10)12(14)16-17/h5-8,15,17H,4,9H2,1-3H3,(H2,14,16). The molecule has 0 aromatic heterocycles. The summed E-state index contributed by atoms with van der Waals surface area (Å²) in [4.78, 5) is 0. The van der Waals surface area contributed by atoms with Crippen molar-refractivity contribution in [3.05, 3.63) is 35.4 Å². The van der Waals surface area contributed by atoms with Gasteiger partial charge in [0.2, 0.25) is 0 Å². The van der Waals surface area contributed by atoms with Gasteiger partial charge >= 0.3 is 0 Å². The first kappa shape index (κ1) is 13.5. The largest absolute Gasteiger partial charge is 0.409 e. The molecule has 0 bridgehead atoms. The van der Waals surface area contributed by atoms with Crippen molar-refractivity contribution in [2.75, 3.05) is 0 Å². The van der Waals surface area contributed by atoms with E-state index in [9.17, 15) is 0 Å². The maximum atomic E-state index is 8.55. The van der Waals surface area contributed by atoms with E-state index < -0.39 is 0 Å². The summed E-state index contributed by atoms with van der Waals surface area (Å²) in [6.45, 7) is 7.33. The average molecular weight is 235 g/mol. The molecule has 0 radical (unpaired) electrons. The smallest absolute Gasteiger partial charge is 0.170 e. The van der Waals surface area contributed by atoms with Crippen molar-refractivity contribution in [2.45, 2.75) is 39.3 Å². The van der Waals surface area contributed by atoms with Crippen LogP contribution in [0.1, 0.15) is 38.3 Å². The Balaban J connectivity index is 2.63. The number of oxime groups is 1. The van der Waals surface area contributed by atoms with E-state index >= 15 is 0 Å². The van der Waals surface area contributed by atoms with Gasteiger partial charge in [-0.3, -0.25) is 0 Å². The highest BCUT2D eigenvalue weighted by Gasteiger charge is 2.13. The topological polar surface area (TPSA) is 70.6 Å². The van der Waals surface area contributed by atoms with Gasteiger partial charge in [-0.15, -0.1) is 0 Å². The molecule has 0 spiro atoms. The van der Waals surface area contributed by atoms with Crippen molar-refractivity contribution in [3.8, 4) is 0 Å². The molecule has 0 fully saturated rings. The molecule has 0 saturated carbocycles. The summed E-state index contributed by atoms with van der Waals surface area (Å²) in [7, 11) is 0. The fourth-order valence-corrected chi connectivity index (χ4v) is 1.32. The number of hydrogen-bond donors (Lipinski definition) is 3. The summed E-state index contributed by atoms with van der Waals surface area (Å²) >= 11 is 0. The Hall–Kier alpha value is -1.55. The lowest BCUT2D eigenvalue weighted by Gasteiger charge is -2.24. The number of nitrogens with one attached hydrogen (secondary N) is 1. The van der Waals surface area contributed by atoms with Crippen LogP contribution in [0.4, 0.5) is 0 Å². The maximum absolute atomic E-state index is 8.55. The highest BCUT2D eigenvalue weighted by molar-refractivity contribution is 5.96. The molecule has 4 nitrogen and oxygen atoms in total. The number of rotatable bonds is 5. The average Bonchev–Trinajstić information content (AvgIpc) is 2.36. The number of hydrogen-bond acceptors (Lipinski definition) is 3. The molecule has 0 unspecified atom stereocenters. The molecule has 0 aliphatic carbocycles. The second kappa shape index (κ2) is 5.68. The van der Waals surface area contributed by atoms with Gasteiger partial charge in [-0.1, -0.05) is 36.3 Å². The second-order valence-corrected chi connectivity index (χ2v) is 4.77. The predicted octanol–water partition coefficient (Wildman–Crippen LogP) is 2.06. The first-order valence-electron chi connectivity index (χ1n) is 5.80. The van der Waals surface area contributed by atoms with Crippen LogP contribution in [0.25, 0.3) is 0 Å². The molecule has 0 saturated heterocycles. The molecule has 1 aromatic rings. The number of amidine groups is 1. The Morgan fingerprint density at radius 2 is 1.94 bits per heavy atom. The van der Waals surface area contributed by atoms with E-state index in [1.54, 1.807) is 0 Å². The van der Waals surface area contributed by atoms with E-state index in [1.165, 1.54) is 5.56 Å². The molecular formula is C13H21N3O. The van der Waals surface area contributed by atoms with E-state index in [0.717, 1.165) is 18.5 Å². The Bertz CT molecular complexity index is 382. The minimum absolute atomic E-state index is 0.137. The van der Waals surface area contributed by atoms with Gasteiger partial charge in [-0.25, -0.2) is 0 Å². The molecule has 0 aliphatic rings. The summed E-state index contributed by atoms with van der Waals surface area (Å²) in [6, 6.07) is 7.66. The maximum Gasteiger partial charge on any atom is 0.170 e. The summed E-state index contributed by atoms with van der Waals surface area (Å²) in [5.41, 5.74) is 7.55. The zero-order chi connectivity index (χ0) is 12.9. The van der Waals surface area contributed by atoms with E-state index in [0.29, 0.717) is 0 Å². The van der Waals surface area contributed by atoms with Crippen LogP contribution in [0.15, 0.2) is 29.4 Å². The molecule has 4 heteroatoms. The third-order valence-corrected chi connectivity index (χ3v) is 3.01. The van der Waals surface area contributed by atoms with E-state index in [1.807, 2.05) is 24.3 Å². The normalized spacial score (nSPS) is 12.8. The summed E-state index contributed by atoms with van der Waals surface area (Å²) in [5, 5.41) is 15.0. The van der Waals surface area contributed by atoms with E-state index in [-0.39, 0.29) is 11.4 Å². The SMILES string of the molecule is CCC(C)(C)NCc1ccc(C(N)=NO)cc1. The van der Waals surface area contributed by atoms with Crippen LogP contribution < -0.4 is 11.1 Å². The molecule has 0 aliphatic heterocycles. The number of nitrogens with zero attached hydrogens (tertiary/aromatic N) is 1.